The topological polar surface area (TPSA) is 109 Å². The zero-order chi connectivity index (χ0) is 22.7. The Morgan fingerprint density at radius 1 is 1.31 bits per heavy atom. The van der Waals surface area contributed by atoms with E-state index in [1.165, 1.54) is 0 Å². The first kappa shape index (κ1) is 22.2. The van der Waals surface area contributed by atoms with Crippen LogP contribution in [-0.2, 0) is 9.53 Å². The normalized spacial score (nSPS) is 15.3. The van der Waals surface area contributed by atoms with Crippen LogP contribution in [-0.4, -0.2) is 75.2 Å². The zero-order valence-electron chi connectivity index (χ0n) is 18.1. The van der Waals surface area contributed by atoms with E-state index in [1.54, 1.807) is 30.1 Å². The van der Waals surface area contributed by atoms with E-state index in [2.05, 4.69) is 25.2 Å². The molecule has 10 nitrogen and oxygen atoms in total. The average molecular weight is 460 g/mol. The van der Waals surface area contributed by atoms with E-state index < -0.39 is 0 Å². The number of amides is 1. The summed E-state index contributed by atoms with van der Waals surface area (Å²) in [6.07, 6.45) is 3.63. The number of nitrogens with one attached hydrogen (secondary N) is 1. The fourth-order valence-corrected chi connectivity index (χ4v) is 4.17. The van der Waals surface area contributed by atoms with Crippen LogP contribution >= 0.6 is 11.6 Å². The number of anilines is 1. The first-order chi connectivity index (χ1) is 15.5. The number of nitrogens with zero attached hydrogens (tertiary/aromatic N) is 6. The lowest BCUT2D eigenvalue weighted by Gasteiger charge is -2.35. The summed E-state index contributed by atoms with van der Waals surface area (Å²) in [5, 5.41) is 11.9. The Hall–Kier alpha value is -2.98. The Balaban J connectivity index is 1.23. The minimum atomic E-state index is -0.254. The number of carbonyl (C=O) groups excluding carboxylic acids is 1. The van der Waals surface area contributed by atoms with E-state index in [-0.39, 0.29) is 17.5 Å². The Morgan fingerprint density at radius 3 is 2.84 bits per heavy atom. The Labute approximate surface area is 190 Å². The number of aromatic amines is 1. The molecule has 1 fully saturated rings. The smallest absolute Gasteiger partial charge is 0.275 e. The predicted molar refractivity (Wildman–Crippen MR) is 121 cm³/mol. The van der Waals surface area contributed by atoms with Gasteiger partial charge in [-0.15, -0.1) is 0 Å². The summed E-state index contributed by atoms with van der Waals surface area (Å²) in [7, 11) is 0. The van der Waals surface area contributed by atoms with Crippen LogP contribution in [0.15, 0.2) is 29.3 Å². The molecule has 3 aromatic heterocycles. The number of H-pyrrole nitrogens is 1. The molecule has 32 heavy (non-hydrogen) atoms. The first-order valence-electron chi connectivity index (χ1n) is 10.6. The monoisotopic (exact) mass is 459 g/mol. The fraction of sp³-hybridized carbons (Fsp3) is 0.476. The zero-order valence-corrected chi connectivity index (χ0v) is 18.9. The third-order valence-electron chi connectivity index (χ3n) is 5.61. The highest BCUT2D eigenvalue weighted by atomic mass is 35.5. The number of aryl methyl sites for hydroxylation is 1. The van der Waals surface area contributed by atoms with Gasteiger partial charge in [-0.3, -0.25) is 14.3 Å². The van der Waals surface area contributed by atoms with Gasteiger partial charge in [-0.25, -0.2) is 10.1 Å². The minimum absolute atomic E-state index is 0.0699. The van der Waals surface area contributed by atoms with Gasteiger partial charge >= 0.3 is 0 Å². The number of carbonyl (C=O) groups is 1. The quantitative estimate of drug-likeness (QED) is 0.536. The van der Waals surface area contributed by atoms with Gasteiger partial charge in [0.15, 0.2) is 0 Å². The van der Waals surface area contributed by atoms with Gasteiger partial charge in [0.25, 0.3) is 5.56 Å². The number of halogens is 1. The Morgan fingerprint density at radius 2 is 2.09 bits per heavy atom. The number of ether oxygens (including phenoxy) is 1. The van der Waals surface area contributed by atoms with E-state index in [4.69, 9.17) is 16.3 Å². The van der Waals surface area contributed by atoms with Gasteiger partial charge in [0, 0.05) is 32.4 Å². The van der Waals surface area contributed by atoms with Gasteiger partial charge in [0.1, 0.15) is 5.82 Å². The molecule has 0 radical (unpaired) electrons. The van der Waals surface area contributed by atoms with Crippen molar-refractivity contribution in [3.8, 4) is 0 Å². The second kappa shape index (κ2) is 9.66. The Bertz CT molecular complexity index is 1150. The lowest BCUT2D eigenvalue weighted by molar-refractivity contribution is -0.132. The largest absolute Gasteiger partial charge is 0.379 e. The number of fused-ring (bicyclic) bond motifs is 1. The maximum Gasteiger partial charge on any atom is 0.275 e. The second-order valence-corrected chi connectivity index (χ2v) is 8.25. The molecule has 1 N–H and O–H groups in total. The highest BCUT2D eigenvalue weighted by Gasteiger charge is 2.23. The second-order valence-electron chi connectivity index (χ2n) is 7.84. The highest BCUT2D eigenvalue weighted by molar-refractivity contribution is 6.32. The third kappa shape index (κ3) is 4.61. The van der Waals surface area contributed by atoms with Gasteiger partial charge in [-0.2, -0.15) is 10.2 Å². The molecule has 11 heteroatoms. The fourth-order valence-electron chi connectivity index (χ4n) is 3.93. The summed E-state index contributed by atoms with van der Waals surface area (Å²) in [6, 6.07) is 3.53. The summed E-state index contributed by atoms with van der Waals surface area (Å²) >= 11 is 6.22. The molecule has 3 aromatic rings. The molecule has 4 heterocycles. The lowest BCUT2D eigenvalue weighted by Crippen LogP contribution is -2.49. The van der Waals surface area contributed by atoms with E-state index in [0.717, 1.165) is 5.82 Å². The van der Waals surface area contributed by atoms with Crippen LogP contribution in [0.2, 0.25) is 5.02 Å². The number of hydrogen-bond donors (Lipinski definition) is 1. The lowest BCUT2D eigenvalue weighted by atomic mass is 10.2. The maximum absolute atomic E-state index is 12.6. The standard InChI is InChI=1S/C21H26ClN7O3/c1-14(29-17-12-24-25-21(31)19(17)15(2)26-29)13-32-11-5-18(30)27-7-9-28(10-8-27)20-16(22)4-3-6-23-20/h3-4,6,12,14H,5,7-11,13H2,1-2H3,(H,25,31). The van der Waals surface area contributed by atoms with Crippen molar-refractivity contribution in [3.63, 3.8) is 0 Å². The van der Waals surface area contributed by atoms with Crippen LogP contribution in [0.5, 0.6) is 0 Å². The van der Waals surface area contributed by atoms with Crippen molar-refractivity contribution in [2.24, 2.45) is 0 Å². The number of piperazine rings is 1. The van der Waals surface area contributed by atoms with Crippen molar-refractivity contribution in [3.05, 3.63) is 45.6 Å². The first-order valence-corrected chi connectivity index (χ1v) is 11.0. The predicted octanol–water partition coefficient (Wildman–Crippen LogP) is 1.79. The summed E-state index contributed by atoms with van der Waals surface area (Å²) < 4.78 is 7.50. The van der Waals surface area contributed by atoms with Crippen LogP contribution in [0, 0.1) is 6.92 Å². The molecule has 0 spiro atoms. The van der Waals surface area contributed by atoms with Crippen molar-refractivity contribution in [2.45, 2.75) is 26.3 Å². The molecule has 0 aliphatic carbocycles. The van der Waals surface area contributed by atoms with E-state index in [0.29, 0.717) is 67.4 Å². The van der Waals surface area contributed by atoms with Gasteiger partial charge in [0.2, 0.25) is 5.91 Å². The number of pyridine rings is 1. The summed E-state index contributed by atoms with van der Waals surface area (Å²) in [5.41, 5.74) is 1.07. The SMILES string of the molecule is Cc1nn(C(C)COCCC(=O)N2CCN(c3ncccc3Cl)CC2)c2cn[nH]c(=O)c12. The molecule has 1 amide bonds. The maximum atomic E-state index is 12.6. The number of rotatable bonds is 7. The molecule has 1 unspecified atom stereocenters. The Kier molecular flexibility index (Phi) is 6.71. The van der Waals surface area contributed by atoms with Crippen molar-refractivity contribution in [1.82, 2.24) is 29.9 Å². The molecule has 170 valence electrons. The van der Waals surface area contributed by atoms with Gasteiger partial charge in [-0.1, -0.05) is 11.6 Å². The molecule has 1 aliphatic rings. The summed E-state index contributed by atoms with van der Waals surface area (Å²) in [4.78, 5) is 32.8. The minimum Gasteiger partial charge on any atom is -0.379 e. The van der Waals surface area contributed by atoms with Crippen LogP contribution in [0.3, 0.4) is 0 Å². The molecular formula is C21H26ClN7O3. The molecule has 0 saturated carbocycles. The van der Waals surface area contributed by atoms with Gasteiger partial charge in [0.05, 0.1) is 53.5 Å². The van der Waals surface area contributed by atoms with Crippen molar-refractivity contribution >= 4 is 34.2 Å². The third-order valence-corrected chi connectivity index (χ3v) is 5.91. The molecule has 1 atom stereocenters. The van der Waals surface area contributed by atoms with Crippen molar-refractivity contribution in [1.29, 1.82) is 0 Å². The van der Waals surface area contributed by atoms with Crippen LogP contribution in [0.4, 0.5) is 5.82 Å². The number of aromatic nitrogens is 5. The molecule has 0 bridgehead atoms. The molecule has 1 aliphatic heterocycles. The van der Waals surface area contributed by atoms with E-state index >= 15 is 0 Å². The highest BCUT2D eigenvalue weighted by Crippen LogP contribution is 2.23. The van der Waals surface area contributed by atoms with E-state index in [1.807, 2.05) is 17.9 Å². The van der Waals surface area contributed by atoms with Crippen molar-refractivity contribution in [2.75, 3.05) is 44.3 Å². The summed E-state index contributed by atoms with van der Waals surface area (Å²) in [6.45, 7) is 7.09. The number of hydrogen-bond acceptors (Lipinski definition) is 7. The van der Waals surface area contributed by atoms with Crippen LogP contribution in [0.25, 0.3) is 10.9 Å². The van der Waals surface area contributed by atoms with Crippen LogP contribution < -0.4 is 10.5 Å². The average Bonchev–Trinajstić information content (AvgIpc) is 3.15. The molecular weight excluding hydrogens is 434 g/mol. The van der Waals surface area contributed by atoms with Gasteiger partial charge < -0.3 is 14.5 Å². The van der Waals surface area contributed by atoms with Crippen molar-refractivity contribution < 1.29 is 9.53 Å². The van der Waals surface area contributed by atoms with Crippen LogP contribution in [0.1, 0.15) is 25.1 Å². The summed E-state index contributed by atoms with van der Waals surface area (Å²) in [5.74, 6) is 0.831. The molecule has 4 rings (SSSR count). The molecule has 0 aromatic carbocycles. The van der Waals surface area contributed by atoms with E-state index in [9.17, 15) is 9.59 Å². The molecule has 1 saturated heterocycles. The van der Waals surface area contributed by atoms with Gasteiger partial charge in [-0.05, 0) is 26.0 Å².